The maximum atomic E-state index is 6.07. The molecule has 2 N–H and O–H groups in total. The van der Waals surface area contributed by atoms with Crippen LogP contribution in [0.3, 0.4) is 0 Å². The lowest BCUT2D eigenvalue weighted by Crippen LogP contribution is -2.73. The summed E-state index contributed by atoms with van der Waals surface area (Å²) in [7, 11) is 1.91. The fourth-order valence-corrected chi connectivity index (χ4v) is 6.13. The van der Waals surface area contributed by atoms with Crippen LogP contribution in [0.25, 0.3) is 0 Å². The number of hydrogen-bond donors (Lipinski definition) is 2. The Bertz CT molecular complexity index is 702. The van der Waals surface area contributed by atoms with E-state index in [9.17, 15) is 0 Å². The Kier molecular flexibility index (Phi) is 5.06. The molecule has 5 heteroatoms. The normalized spacial score (nSPS) is 34.4. The summed E-state index contributed by atoms with van der Waals surface area (Å²) in [6.07, 6.45) is 8.16. The van der Waals surface area contributed by atoms with Gasteiger partial charge in [0.05, 0.1) is 6.10 Å². The van der Waals surface area contributed by atoms with Gasteiger partial charge in [0.2, 0.25) is 0 Å². The fourth-order valence-electron chi connectivity index (χ4n) is 6.13. The molecule has 0 bridgehead atoms. The Hall–Kier alpha value is -1.59. The zero-order valence-electron chi connectivity index (χ0n) is 17.1. The van der Waals surface area contributed by atoms with Gasteiger partial charge in [-0.3, -0.25) is 9.89 Å². The van der Waals surface area contributed by atoms with Crippen LogP contribution in [-0.2, 0) is 11.3 Å². The van der Waals surface area contributed by atoms with Crippen LogP contribution < -0.4 is 10.6 Å². The number of piperidine rings is 1. The maximum absolute atomic E-state index is 6.07. The first-order valence-corrected chi connectivity index (χ1v) is 11.2. The highest BCUT2D eigenvalue weighted by Crippen LogP contribution is 2.62. The van der Waals surface area contributed by atoms with E-state index < -0.39 is 0 Å². The van der Waals surface area contributed by atoms with Gasteiger partial charge in [-0.05, 0) is 44.2 Å². The number of likely N-dealkylation sites (tertiary alicyclic amines) is 1. The Morgan fingerprint density at radius 3 is 2.79 bits per heavy atom. The van der Waals surface area contributed by atoms with Crippen LogP contribution in [0.1, 0.15) is 44.1 Å². The van der Waals surface area contributed by atoms with Crippen LogP contribution in [0, 0.1) is 11.3 Å². The van der Waals surface area contributed by atoms with Gasteiger partial charge in [0, 0.05) is 50.2 Å². The lowest BCUT2D eigenvalue weighted by molar-refractivity contribution is -0.171. The van der Waals surface area contributed by atoms with Gasteiger partial charge in [0.1, 0.15) is 0 Å². The second-order valence-electron chi connectivity index (χ2n) is 9.23. The summed E-state index contributed by atoms with van der Waals surface area (Å²) in [5.74, 6) is 1.67. The van der Waals surface area contributed by atoms with Crippen molar-refractivity contribution in [1.82, 2.24) is 15.5 Å². The predicted octanol–water partition coefficient (Wildman–Crippen LogP) is 2.77. The molecule has 4 unspecified atom stereocenters. The van der Waals surface area contributed by atoms with Crippen LogP contribution in [0.15, 0.2) is 35.3 Å². The summed E-state index contributed by atoms with van der Waals surface area (Å²) in [5.41, 5.74) is 1.80. The predicted molar refractivity (Wildman–Crippen MR) is 112 cm³/mol. The Morgan fingerprint density at radius 2 is 2.04 bits per heavy atom. The smallest absolute Gasteiger partial charge is 0.191 e. The molecule has 0 aromatic heterocycles. The van der Waals surface area contributed by atoms with Crippen molar-refractivity contribution in [1.29, 1.82) is 0 Å². The summed E-state index contributed by atoms with van der Waals surface area (Å²) in [6.45, 7) is 4.25. The van der Waals surface area contributed by atoms with Gasteiger partial charge in [-0.25, -0.2) is 0 Å². The molecule has 4 aliphatic rings. The Labute approximate surface area is 168 Å². The molecule has 4 fully saturated rings. The van der Waals surface area contributed by atoms with Crippen molar-refractivity contribution >= 4 is 5.96 Å². The summed E-state index contributed by atoms with van der Waals surface area (Å²) in [4.78, 5) is 7.16. The molecular formula is C23H34N4O. The Morgan fingerprint density at radius 1 is 1.18 bits per heavy atom. The van der Waals surface area contributed by atoms with Crippen LogP contribution >= 0.6 is 0 Å². The third-order valence-corrected chi connectivity index (χ3v) is 7.65. The van der Waals surface area contributed by atoms with Crippen molar-refractivity contribution in [2.75, 3.05) is 26.7 Å². The Balaban J connectivity index is 1.18. The summed E-state index contributed by atoms with van der Waals surface area (Å²) < 4.78 is 6.07. The summed E-state index contributed by atoms with van der Waals surface area (Å²) >= 11 is 0. The molecule has 0 amide bonds. The number of ether oxygens (including phenoxy) is 1. The van der Waals surface area contributed by atoms with Gasteiger partial charge in [0.25, 0.3) is 0 Å². The monoisotopic (exact) mass is 382 g/mol. The van der Waals surface area contributed by atoms with Crippen molar-refractivity contribution in [2.24, 2.45) is 16.3 Å². The number of fused-ring (bicyclic) bond motifs is 2. The van der Waals surface area contributed by atoms with Gasteiger partial charge in [-0.2, -0.15) is 0 Å². The summed E-state index contributed by atoms with van der Waals surface area (Å²) in [5, 5.41) is 7.56. The molecule has 4 atom stereocenters. The lowest BCUT2D eigenvalue weighted by atomic mass is 9.46. The third-order valence-electron chi connectivity index (χ3n) is 7.65. The average molecular weight is 383 g/mol. The lowest BCUT2D eigenvalue weighted by Gasteiger charge is -2.63. The van der Waals surface area contributed by atoms with E-state index in [0.717, 1.165) is 25.7 Å². The molecule has 2 heterocycles. The highest BCUT2D eigenvalue weighted by Gasteiger charge is 2.66. The molecule has 1 aromatic carbocycles. The SMILES string of the molecule is CN=C(NC1CCCN(Cc2ccccc2)C1)NC1C2CCOC2C12CCC2. The molecule has 2 saturated carbocycles. The molecule has 5 nitrogen and oxygen atoms in total. The highest BCUT2D eigenvalue weighted by molar-refractivity contribution is 5.80. The number of guanidine groups is 1. The maximum Gasteiger partial charge on any atom is 0.191 e. The number of rotatable bonds is 4. The fraction of sp³-hybridized carbons (Fsp3) is 0.696. The number of hydrogen-bond acceptors (Lipinski definition) is 3. The van der Waals surface area contributed by atoms with Crippen LogP contribution in [-0.4, -0.2) is 55.8 Å². The molecule has 5 rings (SSSR count). The minimum absolute atomic E-state index is 0.394. The van der Waals surface area contributed by atoms with Crippen molar-refractivity contribution < 1.29 is 4.74 Å². The third kappa shape index (κ3) is 3.22. The molecule has 152 valence electrons. The number of nitrogens with zero attached hydrogens (tertiary/aromatic N) is 2. The molecule has 28 heavy (non-hydrogen) atoms. The summed E-state index contributed by atoms with van der Waals surface area (Å²) in [6, 6.07) is 11.8. The molecule has 2 saturated heterocycles. The first-order chi connectivity index (χ1) is 13.8. The second kappa shape index (κ2) is 7.68. The van der Waals surface area contributed by atoms with E-state index in [1.807, 2.05) is 7.05 Å². The van der Waals surface area contributed by atoms with Crippen molar-refractivity contribution in [2.45, 2.75) is 63.3 Å². The van der Waals surface area contributed by atoms with Crippen molar-refractivity contribution in [3.63, 3.8) is 0 Å². The van der Waals surface area contributed by atoms with Gasteiger partial charge in [-0.1, -0.05) is 36.8 Å². The highest BCUT2D eigenvalue weighted by atomic mass is 16.5. The molecule has 1 aromatic rings. The van der Waals surface area contributed by atoms with Crippen molar-refractivity contribution in [3.8, 4) is 0 Å². The number of aliphatic imine (C=N–C) groups is 1. The molecular weight excluding hydrogens is 348 g/mol. The van der Waals surface area contributed by atoms with E-state index >= 15 is 0 Å². The molecule has 2 aliphatic carbocycles. The molecule has 0 radical (unpaired) electrons. The number of benzene rings is 1. The van der Waals surface area contributed by atoms with Crippen LogP contribution in [0.5, 0.6) is 0 Å². The quantitative estimate of drug-likeness (QED) is 0.621. The van der Waals surface area contributed by atoms with E-state index in [1.54, 1.807) is 0 Å². The van der Waals surface area contributed by atoms with Crippen molar-refractivity contribution in [3.05, 3.63) is 35.9 Å². The second-order valence-corrected chi connectivity index (χ2v) is 9.23. The minimum Gasteiger partial charge on any atom is -0.377 e. The van der Waals surface area contributed by atoms with Gasteiger partial charge >= 0.3 is 0 Å². The molecule has 1 spiro atoms. The van der Waals surface area contributed by atoms with Gasteiger partial charge < -0.3 is 15.4 Å². The van der Waals surface area contributed by atoms with E-state index in [1.165, 1.54) is 50.6 Å². The standard InChI is InChI=1S/C23H34N4O/c1-24-22(26-20-19-10-14-28-21(19)23(20)11-6-12-23)25-18-9-5-13-27(16-18)15-17-7-3-2-4-8-17/h2-4,7-8,18-21H,5-6,9-16H2,1H3,(H2,24,25,26). The van der Waals surface area contributed by atoms with Crippen LogP contribution in [0.2, 0.25) is 0 Å². The molecule has 2 aliphatic heterocycles. The first-order valence-electron chi connectivity index (χ1n) is 11.2. The van der Waals surface area contributed by atoms with E-state index in [0.29, 0.717) is 29.5 Å². The minimum atomic E-state index is 0.394. The zero-order valence-corrected chi connectivity index (χ0v) is 17.1. The zero-order chi connectivity index (χ0) is 19.0. The number of nitrogens with one attached hydrogen (secondary N) is 2. The first kappa shape index (κ1) is 18.4. The largest absolute Gasteiger partial charge is 0.377 e. The van der Waals surface area contributed by atoms with Crippen LogP contribution in [0.4, 0.5) is 0 Å². The average Bonchev–Trinajstić information content (AvgIpc) is 3.10. The van der Waals surface area contributed by atoms with Gasteiger partial charge in [-0.15, -0.1) is 0 Å². The van der Waals surface area contributed by atoms with E-state index in [-0.39, 0.29) is 0 Å². The topological polar surface area (TPSA) is 48.9 Å². The van der Waals surface area contributed by atoms with E-state index in [2.05, 4.69) is 50.9 Å². The van der Waals surface area contributed by atoms with E-state index in [4.69, 9.17) is 4.74 Å². The van der Waals surface area contributed by atoms with Gasteiger partial charge in [0.15, 0.2) is 5.96 Å².